The molecule has 0 aliphatic rings. The lowest BCUT2D eigenvalue weighted by atomic mass is 9.91. The number of nitrogens with two attached hydrogens (primary N) is 1. The van der Waals surface area contributed by atoms with Gasteiger partial charge in [0.15, 0.2) is 5.82 Å². The first-order chi connectivity index (χ1) is 8.65. The predicted molar refractivity (Wildman–Crippen MR) is 87.1 cm³/mol. The van der Waals surface area contributed by atoms with E-state index in [4.69, 9.17) is 15.5 Å². The molecular weight excluding hydrogens is 353 g/mol. The van der Waals surface area contributed by atoms with E-state index < -0.39 is 5.60 Å². The molecule has 1 unspecified atom stereocenters. The van der Waals surface area contributed by atoms with Gasteiger partial charge in [0, 0.05) is 12.0 Å². The summed E-state index contributed by atoms with van der Waals surface area (Å²) in [5.74, 6) is 1.22. The summed E-state index contributed by atoms with van der Waals surface area (Å²) in [7, 11) is 0. The van der Waals surface area contributed by atoms with E-state index in [1.807, 2.05) is 13.8 Å². The van der Waals surface area contributed by atoms with E-state index in [0.717, 1.165) is 15.7 Å². The van der Waals surface area contributed by atoms with Crippen molar-refractivity contribution in [1.82, 2.24) is 9.97 Å². The van der Waals surface area contributed by atoms with E-state index in [9.17, 15) is 0 Å². The molecule has 0 fully saturated rings. The highest BCUT2D eigenvalue weighted by Gasteiger charge is 2.32. The molecule has 0 amide bonds. The molecule has 4 nitrogen and oxygen atoms in total. The SMILES string of the molecule is CCOC(C)(CC)c1nc(N)c(I)c(C(C)(C)C)n1. The van der Waals surface area contributed by atoms with Crippen LogP contribution in [0.15, 0.2) is 0 Å². The van der Waals surface area contributed by atoms with E-state index in [-0.39, 0.29) is 5.41 Å². The molecule has 1 atom stereocenters. The Labute approximate surface area is 129 Å². The third-order valence-corrected chi connectivity index (χ3v) is 4.26. The summed E-state index contributed by atoms with van der Waals surface area (Å²) in [6.45, 7) is 13.1. The molecule has 0 radical (unpaired) electrons. The van der Waals surface area contributed by atoms with Crippen LogP contribution in [0.5, 0.6) is 0 Å². The molecule has 1 aromatic rings. The lowest BCUT2D eigenvalue weighted by molar-refractivity contribution is -0.0392. The fourth-order valence-corrected chi connectivity index (χ4v) is 2.89. The molecule has 1 rings (SSSR count). The highest BCUT2D eigenvalue weighted by Crippen LogP contribution is 2.33. The monoisotopic (exact) mass is 377 g/mol. The maximum absolute atomic E-state index is 6.05. The van der Waals surface area contributed by atoms with Gasteiger partial charge in [0.1, 0.15) is 11.4 Å². The molecule has 0 aromatic carbocycles. The fourth-order valence-electron chi connectivity index (χ4n) is 1.84. The molecular formula is C14H24IN3O. The minimum Gasteiger partial charge on any atom is -0.383 e. The van der Waals surface area contributed by atoms with Crippen molar-refractivity contribution in [3.05, 3.63) is 15.1 Å². The topological polar surface area (TPSA) is 61.0 Å². The maximum atomic E-state index is 6.05. The molecule has 2 N–H and O–H groups in total. The molecule has 108 valence electrons. The molecule has 0 saturated carbocycles. The molecule has 0 saturated heterocycles. The number of aromatic nitrogens is 2. The second-order valence-electron chi connectivity index (χ2n) is 5.86. The van der Waals surface area contributed by atoms with Gasteiger partial charge in [0.05, 0.1) is 9.26 Å². The van der Waals surface area contributed by atoms with Crippen LogP contribution in [0.3, 0.4) is 0 Å². The van der Waals surface area contributed by atoms with Crippen LogP contribution in [-0.4, -0.2) is 16.6 Å². The van der Waals surface area contributed by atoms with Crippen molar-refractivity contribution in [1.29, 1.82) is 0 Å². The summed E-state index contributed by atoms with van der Waals surface area (Å²) in [5, 5.41) is 0. The third kappa shape index (κ3) is 3.56. The summed E-state index contributed by atoms with van der Waals surface area (Å²) >= 11 is 2.22. The number of ether oxygens (including phenoxy) is 1. The molecule has 0 aliphatic carbocycles. The van der Waals surface area contributed by atoms with E-state index in [0.29, 0.717) is 18.2 Å². The van der Waals surface area contributed by atoms with Gasteiger partial charge in [-0.2, -0.15) is 0 Å². The second kappa shape index (κ2) is 5.91. The van der Waals surface area contributed by atoms with E-state index in [1.54, 1.807) is 0 Å². The summed E-state index contributed by atoms with van der Waals surface area (Å²) in [6.07, 6.45) is 0.810. The Hall–Kier alpha value is -0.430. The molecule has 1 heterocycles. The Morgan fingerprint density at radius 1 is 1.16 bits per heavy atom. The van der Waals surface area contributed by atoms with Crippen molar-refractivity contribution in [2.45, 2.75) is 59.0 Å². The first kappa shape index (κ1) is 16.6. The molecule has 1 aromatic heterocycles. The number of hydrogen-bond acceptors (Lipinski definition) is 4. The highest BCUT2D eigenvalue weighted by atomic mass is 127. The van der Waals surface area contributed by atoms with Gasteiger partial charge in [0.2, 0.25) is 0 Å². The Kier molecular flexibility index (Phi) is 5.17. The zero-order valence-corrected chi connectivity index (χ0v) is 14.8. The van der Waals surface area contributed by atoms with Gasteiger partial charge in [-0.25, -0.2) is 9.97 Å². The van der Waals surface area contributed by atoms with Crippen LogP contribution in [0.2, 0.25) is 0 Å². The van der Waals surface area contributed by atoms with Crippen LogP contribution in [0, 0.1) is 3.57 Å². The zero-order valence-electron chi connectivity index (χ0n) is 12.7. The van der Waals surface area contributed by atoms with Crippen molar-refractivity contribution in [2.24, 2.45) is 0 Å². The van der Waals surface area contributed by atoms with Crippen molar-refractivity contribution in [3.8, 4) is 0 Å². The number of nitrogen functional groups attached to an aromatic ring is 1. The standard InChI is InChI=1S/C14H24IN3O/c1-7-14(6,19-8-2)12-17-10(13(3,4)5)9(15)11(16)18-12/h7-8H2,1-6H3,(H2,16,17,18). The first-order valence-corrected chi connectivity index (χ1v) is 7.71. The average Bonchev–Trinajstić information content (AvgIpc) is 2.31. The van der Waals surface area contributed by atoms with Gasteiger partial charge in [-0.1, -0.05) is 27.7 Å². The Morgan fingerprint density at radius 3 is 2.16 bits per heavy atom. The van der Waals surface area contributed by atoms with Crippen LogP contribution in [0.1, 0.15) is 59.5 Å². The normalized spacial score (nSPS) is 15.3. The van der Waals surface area contributed by atoms with Gasteiger partial charge < -0.3 is 10.5 Å². The fraction of sp³-hybridized carbons (Fsp3) is 0.714. The average molecular weight is 377 g/mol. The molecule has 0 aliphatic heterocycles. The quantitative estimate of drug-likeness (QED) is 0.815. The lowest BCUT2D eigenvalue weighted by Crippen LogP contribution is -2.30. The minimum absolute atomic E-state index is 0.0663. The number of rotatable bonds is 4. The second-order valence-corrected chi connectivity index (χ2v) is 6.94. The van der Waals surface area contributed by atoms with Crippen LogP contribution in [0.25, 0.3) is 0 Å². The number of anilines is 1. The van der Waals surface area contributed by atoms with Crippen molar-refractivity contribution in [2.75, 3.05) is 12.3 Å². The molecule has 0 spiro atoms. The molecule has 19 heavy (non-hydrogen) atoms. The number of hydrogen-bond donors (Lipinski definition) is 1. The largest absolute Gasteiger partial charge is 0.383 e. The molecule has 0 bridgehead atoms. The predicted octanol–water partition coefficient (Wildman–Crippen LogP) is 3.62. The maximum Gasteiger partial charge on any atom is 0.162 e. The van der Waals surface area contributed by atoms with Crippen LogP contribution >= 0.6 is 22.6 Å². The van der Waals surface area contributed by atoms with Crippen LogP contribution in [0.4, 0.5) is 5.82 Å². The Bertz CT molecular complexity index is 457. The summed E-state index contributed by atoms with van der Waals surface area (Å²) in [5.41, 5.74) is 6.49. The van der Waals surface area contributed by atoms with Gasteiger partial charge in [0.25, 0.3) is 0 Å². The smallest absolute Gasteiger partial charge is 0.162 e. The van der Waals surface area contributed by atoms with Crippen LogP contribution in [-0.2, 0) is 15.8 Å². The van der Waals surface area contributed by atoms with Gasteiger partial charge in [-0.05, 0) is 42.9 Å². The van der Waals surface area contributed by atoms with Crippen molar-refractivity contribution >= 4 is 28.4 Å². The Balaban J connectivity index is 3.42. The summed E-state index contributed by atoms with van der Waals surface area (Å²) < 4.78 is 6.78. The molecule has 5 heteroatoms. The van der Waals surface area contributed by atoms with E-state index in [2.05, 4.69) is 55.3 Å². The van der Waals surface area contributed by atoms with Gasteiger partial charge >= 0.3 is 0 Å². The van der Waals surface area contributed by atoms with Crippen molar-refractivity contribution in [3.63, 3.8) is 0 Å². The van der Waals surface area contributed by atoms with Gasteiger partial charge in [-0.3, -0.25) is 0 Å². The lowest BCUT2D eigenvalue weighted by Gasteiger charge is -2.29. The summed E-state index contributed by atoms with van der Waals surface area (Å²) in [4.78, 5) is 9.18. The summed E-state index contributed by atoms with van der Waals surface area (Å²) in [6, 6.07) is 0. The first-order valence-electron chi connectivity index (χ1n) is 6.63. The van der Waals surface area contributed by atoms with Crippen molar-refractivity contribution < 1.29 is 4.74 Å². The van der Waals surface area contributed by atoms with Crippen LogP contribution < -0.4 is 5.73 Å². The van der Waals surface area contributed by atoms with Gasteiger partial charge in [-0.15, -0.1) is 0 Å². The zero-order chi connectivity index (χ0) is 14.8. The number of halogens is 1. The van der Waals surface area contributed by atoms with E-state index in [1.165, 1.54) is 0 Å². The Morgan fingerprint density at radius 2 is 1.74 bits per heavy atom. The third-order valence-electron chi connectivity index (χ3n) is 3.20. The minimum atomic E-state index is -0.479. The number of nitrogens with zero attached hydrogens (tertiary/aromatic N) is 2. The van der Waals surface area contributed by atoms with E-state index >= 15 is 0 Å². The highest BCUT2D eigenvalue weighted by molar-refractivity contribution is 14.1.